The highest BCUT2D eigenvalue weighted by Gasteiger charge is 2.14. The van der Waals surface area contributed by atoms with Gasteiger partial charge in [0, 0.05) is 17.5 Å². The molecule has 8 heteroatoms. The molecule has 0 saturated heterocycles. The fourth-order valence-electron chi connectivity index (χ4n) is 2.30. The number of hydrogen-bond donors (Lipinski definition) is 3. The second-order valence-corrected chi connectivity index (χ2v) is 6.67. The normalized spacial score (nSPS) is 11.3. The molecule has 0 saturated carbocycles. The van der Waals surface area contributed by atoms with Gasteiger partial charge in [0.2, 0.25) is 5.91 Å². The number of aryl methyl sites for hydroxylation is 1. The van der Waals surface area contributed by atoms with E-state index in [2.05, 4.69) is 16.2 Å². The molecule has 3 amide bonds. The van der Waals surface area contributed by atoms with Crippen LogP contribution in [-0.4, -0.2) is 23.8 Å². The van der Waals surface area contributed by atoms with Crippen LogP contribution in [0.4, 0.5) is 0 Å². The van der Waals surface area contributed by atoms with E-state index in [1.165, 1.54) is 13.8 Å². The molecule has 0 radical (unpaired) electrons. The Morgan fingerprint density at radius 2 is 1.75 bits per heavy atom. The molecule has 0 fully saturated rings. The molecule has 1 atom stereocenters. The van der Waals surface area contributed by atoms with Crippen molar-refractivity contribution in [2.75, 3.05) is 0 Å². The number of carbonyl (C=O) groups is 3. The van der Waals surface area contributed by atoms with Crippen molar-refractivity contribution in [1.82, 2.24) is 16.2 Å². The minimum atomic E-state index is -0.756. The highest BCUT2D eigenvalue weighted by atomic mass is 35.5. The van der Waals surface area contributed by atoms with Crippen LogP contribution in [0.3, 0.4) is 0 Å². The van der Waals surface area contributed by atoms with E-state index in [4.69, 9.17) is 16.3 Å². The smallest absolute Gasteiger partial charge is 0.269 e. The van der Waals surface area contributed by atoms with Gasteiger partial charge in [0.25, 0.3) is 11.8 Å². The van der Waals surface area contributed by atoms with E-state index >= 15 is 0 Å². The van der Waals surface area contributed by atoms with Crippen LogP contribution in [0.1, 0.15) is 35.3 Å². The van der Waals surface area contributed by atoms with Crippen LogP contribution >= 0.6 is 11.6 Å². The number of hydrazine groups is 1. The van der Waals surface area contributed by atoms with E-state index in [1.54, 1.807) is 36.4 Å². The fourth-order valence-corrected chi connectivity index (χ4v) is 2.41. The lowest BCUT2D eigenvalue weighted by atomic mass is 10.1. The zero-order valence-corrected chi connectivity index (χ0v) is 16.6. The van der Waals surface area contributed by atoms with Crippen LogP contribution in [0.2, 0.25) is 5.02 Å². The summed E-state index contributed by atoms with van der Waals surface area (Å²) in [6.45, 7) is 5.06. The van der Waals surface area contributed by atoms with Crippen molar-refractivity contribution in [3.05, 3.63) is 64.2 Å². The molecule has 2 aromatic carbocycles. The Morgan fingerprint density at radius 1 is 1.07 bits per heavy atom. The summed E-state index contributed by atoms with van der Waals surface area (Å²) in [5.41, 5.74) is 6.76. The molecule has 28 heavy (non-hydrogen) atoms. The van der Waals surface area contributed by atoms with Crippen LogP contribution in [0.15, 0.2) is 42.5 Å². The Bertz CT molecular complexity index is 868. The predicted octanol–water partition coefficient (Wildman–Crippen LogP) is 2.51. The zero-order chi connectivity index (χ0) is 20.7. The molecule has 3 N–H and O–H groups in total. The third-order valence-electron chi connectivity index (χ3n) is 3.86. The van der Waals surface area contributed by atoms with Crippen molar-refractivity contribution in [3.8, 4) is 5.75 Å². The van der Waals surface area contributed by atoms with Gasteiger partial charge in [0.05, 0.1) is 0 Å². The molecular formula is C20H22ClN3O4. The first-order valence-electron chi connectivity index (χ1n) is 8.61. The summed E-state index contributed by atoms with van der Waals surface area (Å²) in [5, 5.41) is 3.11. The van der Waals surface area contributed by atoms with Crippen molar-refractivity contribution < 1.29 is 19.1 Å². The first-order chi connectivity index (χ1) is 13.3. The Morgan fingerprint density at radius 3 is 2.36 bits per heavy atom. The minimum absolute atomic E-state index is 0.333. The van der Waals surface area contributed by atoms with E-state index in [9.17, 15) is 14.4 Å². The van der Waals surface area contributed by atoms with Gasteiger partial charge in [0.1, 0.15) is 18.4 Å². The van der Waals surface area contributed by atoms with Gasteiger partial charge in [0.15, 0.2) is 0 Å². The van der Waals surface area contributed by atoms with E-state index < -0.39 is 17.9 Å². The first kappa shape index (κ1) is 21.2. The number of carbonyl (C=O) groups excluding carboxylic acids is 3. The molecule has 2 rings (SSSR count). The van der Waals surface area contributed by atoms with E-state index in [1.807, 2.05) is 13.0 Å². The molecule has 148 valence electrons. The maximum absolute atomic E-state index is 12.1. The summed E-state index contributed by atoms with van der Waals surface area (Å²) in [6, 6.07) is 11.5. The lowest BCUT2D eigenvalue weighted by Gasteiger charge is -2.13. The Hall–Kier alpha value is -3.06. The second-order valence-electron chi connectivity index (χ2n) is 6.26. The number of ether oxygens (including phenoxy) is 1. The van der Waals surface area contributed by atoms with E-state index in [0.717, 1.165) is 11.1 Å². The predicted molar refractivity (Wildman–Crippen MR) is 106 cm³/mol. The van der Waals surface area contributed by atoms with Crippen LogP contribution in [0.5, 0.6) is 5.75 Å². The largest absolute Gasteiger partial charge is 0.489 e. The molecular weight excluding hydrogens is 382 g/mol. The number of amides is 3. The standard InChI is InChI=1S/C20H22ClN3O4/c1-12-10-17(8-9-18(12)21)28-11-15-4-6-16(7-5-15)20(27)24-23-19(26)13(2)22-14(3)25/h4-10,13H,11H2,1-3H3,(H,22,25)(H,23,26)(H,24,27). The lowest BCUT2D eigenvalue weighted by Crippen LogP contribution is -2.50. The minimum Gasteiger partial charge on any atom is -0.489 e. The van der Waals surface area contributed by atoms with Crippen molar-refractivity contribution >= 4 is 29.3 Å². The SMILES string of the molecule is CC(=O)NC(C)C(=O)NNC(=O)c1ccc(COc2ccc(Cl)c(C)c2)cc1. The lowest BCUT2D eigenvalue weighted by molar-refractivity contribution is -0.128. The summed E-state index contributed by atoms with van der Waals surface area (Å²) in [5.74, 6) is -0.615. The van der Waals surface area contributed by atoms with Gasteiger partial charge < -0.3 is 10.1 Å². The van der Waals surface area contributed by atoms with Gasteiger partial charge in [-0.05, 0) is 55.3 Å². The first-order valence-corrected chi connectivity index (χ1v) is 8.99. The van der Waals surface area contributed by atoms with E-state index in [0.29, 0.717) is 22.9 Å². The summed E-state index contributed by atoms with van der Waals surface area (Å²) in [4.78, 5) is 34.8. The fraction of sp³-hybridized carbons (Fsp3) is 0.250. The number of rotatable bonds is 6. The Balaban J connectivity index is 1.85. The number of halogens is 1. The van der Waals surface area contributed by atoms with Crippen molar-refractivity contribution in [1.29, 1.82) is 0 Å². The van der Waals surface area contributed by atoms with E-state index in [-0.39, 0.29) is 5.91 Å². The molecule has 0 heterocycles. The molecule has 1 unspecified atom stereocenters. The summed E-state index contributed by atoms with van der Waals surface area (Å²) in [6.07, 6.45) is 0. The number of nitrogens with one attached hydrogen (secondary N) is 3. The second kappa shape index (κ2) is 9.75. The third-order valence-corrected chi connectivity index (χ3v) is 4.29. The molecule has 0 aliphatic carbocycles. The average molecular weight is 404 g/mol. The molecule has 2 aromatic rings. The van der Waals surface area contributed by atoms with Gasteiger partial charge in [-0.3, -0.25) is 25.2 Å². The maximum Gasteiger partial charge on any atom is 0.269 e. The highest BCUT2D eigenvalue weighted by Crippen LogP contribution is 2.21. The average Bonchev–Trinajstić information content (AvgIpc) is 2.66. The number of benzene rings is 2. The zero-order valence-electron chi connectivity index (χ0n) is 15.8. The third kappa shape index (κ3) is 6.28. The van der Waals surface area contributed by atoms with Crippen LogP contribution < -0.4 is 20.9 Å². The monoisotopic (exact) mass is 403 g/mol. The van der Waals surface area contributed by atoms with Gasteiger partial charge in [-0.25, -0.2) is 0 Å². The molecule has 7 nitrogen and oxygen atoms in total. The van der Waals surface area contributed by atoms with Crippen LogP contribution in [0, 0.1) is 6.92 Å². The van der Waals surface area contributed by atoms with Gasteiger partial charge in [-0.15, -0.1) is 0 Å². The summed E-state index contributed by atoms with van der Waals surface area (Å²) >= 11 is 5.99. The van der Waals surface area contributed by atoms with Crippen LogP contribution in [0.25, 0.3) is 0 Å². The molecule has 0 aliphatic heterocycles. The maximum atomic E-state index is 12.1. The number of hydrogen-bond acceptors (Lipinski definition) is 4. The van der Waals surface area contributed by atoms with Crippen LogP contribution in [-0.2, 0) is 16.2 Å². The summed E-state index contributed by atoms with van der Waals surface area (Å²) < 4.78 is 5.71. The van der Waals surface area contributed by atoms with Crippen molar-refractivity contribution in [3.63, 3.8) is 0 Å². The highest BCUT2D eigenvalue weighted by molar-refractivity contribution is 6.31. The van der Waals surface area contributed by atoms with Crippen molar-refractivity contribution in [2.24, 2.45) is 0 Å². The quantitative estimate of drug-likeness (QED) is 0.645. The Labute approximate surface area is 168 Å². The molecule has 0 aliphatic rings. The van der Waals surface area contributed by atoms with Gasteiger partial charge >= 0.3 is 0 Å². The van der Waals surface area contributed by atoms with Gasteiger partial charge in [-0.1, -0.05) is 23.7 Å². The molecule has 0 spiro atoms. The topological polar surface area (TPSA) is 96.5 Å². The molecule has 0 bridgehead atoms. The van der Waals surface area contributed by atoms with Crippen molar-refractivity contribution in [2.45, 2.75) is 33.4 Å². The molecule has 0 aromatic heterocycles. The Kier molecular flexibility index (Phi) is 7.40. The summed E-state index contributed by atoms with van der Waals surface area (Å²) in [7, 11) is 0. The van der Waals surface area contributed by atoms with Gasteiger partial charge in [-0.2, -0.15) is 0 Å².